The Bertz CT molecular complexity index is 767. The van der Waals surface area contributed by atoms with Gasteiger partial charge in [-0.15, -0.1) is 0 Å². The van der Waals surface area contributed by atoms with Gasteiger partial charge in [0.1, 0.15) is 11.6 Å². The van der Waals surface area contributed by atoms with Gasteiger partial charge in [0.05, 0.1) is 13.3 Å². The summed E-state index contributed by atoms with van der Waals surface area (Å²) in [5.41, 5.74) is 1.19. The van der Waals surface area contributed by atoms with E-state index in [9.17, 15) is 4.79 Å². The van der Waals surface area contributed by atoms with Gasteiger partial charge < -0.3 is 19.4 Å². The molecule has 4 rings (SSSR count). The molecule has 0 saturated carbocycles. The molecule has 28 heavy (non-hydrogen) atoms. The zero-order valence-electron chi connectivity index (χ0n) is 16.3. The molecule has 1 amide bonds. The van der Waals surface area contributed by atoms with Gasteiger partial charge in [-0.25, -0.2) is 4.98 Å². The highest BCUT2D eigenvalue weighted by molar-refractivity contribution is 5.79. The Morgan fingerprint density at radius 2 is 1.68 bits per heavy atom. The molecule has 0 bridgehead atoms. The molecule has 2 aliphatic heterocycles. The molecule has 1 aromatic carbocycles. The van der Waals surface area contributed by atoms with Crippen molar-refractivity contribution in [2.24, 2.45) is 5.92 Å². The Balaban J connectivity index is 1.27. The number of ether oxygens (including phenoxy) is 1. The lowest BCUT2D eigenvalue weighted by atomic mass is 9.95. The third-order valence-corrected chi connectivity index (χ3v) is 5.75. The summed E-state index contributed by atoms with van der Waals surface area (Å²) in [6.07, 6.45) is 6.96. The summed E-state index contributed by atoms with van der Waals surface area (Å²) in [4.78, 5) is 28.1. The normalized spacial score (nSPS) is 18.2. The summed E-state index contributed by atoms with van der Waals surface area (Å²) in [5, 5.41) is 0. The molecule has 148 valence electrons. The van der Waals surface area contributed by atoms with Crippen LogP contribution in [0.4, 0.5) is 11.5 Å². The van der Waals surface area contributed by atoms with Crippen molar-refractivity contribution >= 4 is 17.4 Å². The number of methoxy groups -OCH3 is 1. The zero-order chi connectivity index (χ0) is 19.3. The van der Waals surface area contributed by atoms with E-state index in [-0.39, 0.29) is 5.92 Å². The fourth-order valence-corrected chi connectivity index (χ4v) is 4.05. The van der Waals surface area contributed by atoms with Crippen molar-refractivity contribution in [1.29, 1.82) is 0 Å². The van der Waals surface area contributed by atoms with Crippen LogP contribution in [0.25, 0.3) is 0 Å². The van der Waals surface area contributed by atoms with Crippen LogP contribution in [-0.4, -0.2) is 67.2 Å². The number of aromatic nitrogens is 2. The van der Waals surface area contributed by atoms with Crippen molar-refractivity contribution in [1.82, 2.24) is 14.9 Å². The van der Waals surface area contributed by atoms with Crippen molar-refractivity contribution in [3.8, 4) is 5.75 Å². The first-order chi connectivity index (χ1) is 13.7. The smallest absolute Gasteiger partial charge is 0.225 e. The van der Waals surface area contributed by atoms with Gasteiger partial charge in [0.25, 0.3) is 0 Å². The second-order valence-electron chi connectivity index (χ2n) is 7.34. The lowest BCUT2D eigenvalue weighted by Crippen LogP contribution is -2.51. The van der Waals surface area contributed by atoms with Crippen molar-refractivity contribution in [2.45, 2.75) is 12.8 Å². The molecule has 0 radical (unpaired) electrons. The van der Waals surface area contributed by atoms with E-state index in [0.29, 0.717) is 5.91 Å². The fraction of sp³-hybridized carbons (Fsp3) is 0.476. The molecule has 3 heterocycles. The maximum Gasteiger partial charge on any atom is 0.225 e. The molecule has 7 heteroatoms. The highest BCUT2D eigenvalue weighted by Crippen LogP contribution is 2.25. The molecular formula is C21H27N5O2. The lowest BCUT2D eigenvalue weighted by molar-refractivity contribution is -0.136. The quantitative estimate of drug-likeness (QED) is 0.808. The number of nitrogens with zero attached hydrogens (tertiary/aromatic N) is 5. The molecular weight excluding hydrogens is 354 g/mol. The van der Waals surface area contributed by atoms with Gasteiger partial charge in [0.15, 0.2) is 0 Å². The van der Waals surface area contributed by atoms with Gasteiger partial charge in [0.2, 0.25) is 5.91 Å². The Morgan fingerprint density at radius 1 is 0.964 bits per heavy atom. The summed E-state index contributed by atoms with van der Waals surface area (Å²) >= 11 is 0. The standard InChI is InChI=1S/C21H27N5O2/c1-28-19-4-2-18(3-5-19)24-12-14-26(15-13-24)21(27)17-6-10-25(11-7-17)20-16-22-8-9-23-20/h2-5,8-9,16-17H,6-7,10-15H2,1H3. The Labute approximate surface area is 165 Å². The van der Waals surface area contributed by atoms with E-state index >= 15 is 0 Å². The van der Waals surface area contributed by atoms with Gasteiger partial charge in [-0.3, -0.25) is 9.78 Å². The summed E-state index contributed by atoms with van der Waals surface area (Å²) in [5.74, 6) is 2.21. The number of rotatable bonds is 4. The van der Waals surface area contributed by atoms with E-state index < -0.39 is 0 Å². The first-order valence-corrected chi connectivity index (χ1v) is 9.93. The molecule has 0 aliphatic carbocycles. The third kappa shape index (κ3) is 4.03. The molecule has 2 aliphatic rings. The first-order valence-electron chi connectivity index (χ1n) is 9.93. The maximum absolute atomic E-state index is 13.0. The van der Waals surface area contributed by atoms with Gasteiger partial charge in [-0.05, 0) is 37.1 Å². The molecule has 0 spiro atoms. The number of hydrogen-bond acceptors (Lipinski definition) is 6. The predicted molar refractivity (Wildman–Crippen MR) is 109 cm³/mol. The average Bonchev–Trinajstić information content (AvgIpc) is 2.79. The Kier molecular flexibility index (Phi) is 5.60. The van der Waals surface area contributed by atoms with Crippen LogP contribution in [-0.2, 0) is 4.79 Å². The zero-order valence-corrected chi connectivity index (χ0v) is 16.3. The topological polar surface area (TPSA) is 61.8 Å². The van der Waals surface area contributed by atoms with Gasteiger partial charge >= 0.3 is 0 Å². The van der Waals surface area contributed by atoms with Crippen LogP contribution in [0.15, 0.2) is 42.9 Å². The summed E-state index contributed by atoms with van der Waals surface area (Å²) in [6.45, 7) is 5.04. The highest BCUT2D eigenvalue weighted by Gasteiger charge is 2.30. The van der Waals surface area contributed by atoms with Crippen LogP contribution in [0.1, 0.15) is 12.8 Å². The maximum atomic E-state index is 13.0. The molecule has 2 fully saturated rings. The number of benzene rings is 1. The molecule has 0 unspecified atom stereocenters. The summed E-state index contributed by atoms with van der Waals surface area (Å²) < 4.78 is 5.23. The molecule has 1 aromatic heterocycles. The number of anilines is 2. The van der Waals surface area contributed by atoms with Crippen molar-refractivity contribution < 1.29 is 9.53 Å². The molecule has 2 aromatic rings. The third-order valence-electron chi connectivity index (χ3n) is 5.75. The summed E-state index contributed by atoms with van der Waals surface area (Å²) in [7, 11) is 1.68. The van der Waals surface area contributed by atoms with Gasteiger partial charge in [-0.2, -0.15) is 0 Å². The number of carbonyl (C=O) groups is 1. The Morgan fingerprint density at radius 3 is 2.29 bits per heavy atom. The van der Waals surface area contributed by atoms with E-state index in [2.05, 4.69) is 31.9 Å². The summed E-state index contributed by atoms with van der Waals surface area (Å²) in [6, 6.07) is 8.13. The highest BCUT2D eigenvalue weighted by atomic mass is 16.5. The van der Waals surface area contributed by atoms with Crippen LogP contribution in [0, 0.1) is 5.92 Å². The van der Waals surface area contributed by atoms with Crippen LogP contribution < -0.4 is 14.5 Å². The van der Waals surface area contributed by atoms with E-state index in [4.69, 9.17) is 4.74 Å². The number of hydrogen-bond donors (Lipinski definition) is 0. The van der Waals surface area contributed by atoms with E-state index in [1.54, 1.807) is 25.7 Å². The minimum atomic E-state index is 0.125. The number of piperidine rings is 1. The van der Waals surface area contributed by atoms with Crippen molar-refractivity contribution in [3.05, 3.63) is 42.9 Å². The lowest BCUT2D eigenvalue weighted by Gasteiger charge is -2.39. The average molecular weight is 381 g/mol. The monoisotopic (exact) mass is 381 g/mol. The largest absolute Gasteiger partial charge is 0.497 e. The molecule has 2 saturated heterocycles. The van der Waals surface area contributed by atoms with Crippen LogP contribution >= 0.6 is 0 Å². The van der Waals surface area contributed by atoms with Gasteiger partial charge in [0, 0.05) is 63.3 Å². The van der Waals surface area contributed by atoms with Crippen LogP contribution in [0.2, 0.25) is 0 Å². The predicted octanol–water partition coefficient (Wildman–Crippen LogP) is 2.05. The minimum absolute atomic E-state index is 0.125. The van der Waals surface area contributed by atoms with E-state index in [1.807, 2.05) is 17.0 Å². The second kappa shape index (κ2) is 8.46. The van der Waals surface area contributed by atoms with Crippen molar-refractivity contribution in [3.63, 3.8) is 0 Å². The fourth-order valence-electron chi connectivity index (χ4n) is 4.05. The minimum Gasteiger partial charge on any atom is -0.497 e. The molecule has 0 atom stereocenters. The second-order valence-corrected chi connectivity index (χ2v) is 7.34. The molecule has 0 N–H and O–H groups in total. The molecule has 7 nitrogen and oxygen atoms in total. The van der Waals surface area contributed by atoms with E-state index in [1.165, 1.54) is 5.69 Å². The number of piperazine rings is 1. The SMILES string of the molecule is COc1ccc(N2CCN(C(=O)C3CCN(c4cnccn4)CC3)CC2)cc1. The van der Waals surface area contributed by atoms with Gasteiger partial charge in [-0.1, -0.05) is 0 Å². The van der Waals surface area contributed by atoms with Crippen molar-refractivity contribution in [2.75, 3.05) is 56.2 Å². The number of amides is 1. The van der Waals surface area contributed by atoms with E-state index in [0.717, 1.165) is 63.7 Å². The van der Waals surface area contributed by atoms with Crippen LogP contribution in [0.5, 0.6) is 5.75 Å². The first kappa shape index (κ1) is 18.5. The number of carbonyl (C=O) groups excluding carboxylic acids is 1. The van der Waals surface area contributed by atoms with Crippen LogP contribution in [0.3, 0.4) is 0 Å². The Hall–Kier alpha value is -2.83.